The summed E-state index contributed by atoms with van der Waals surface area (Å²) in [5.41, 5.74) is 8.35. The number of rotatable bonds is 4. The first-order chi connectivity index (χ1) is 11.5. The van der Waals surface area contributed by atoms with E-state index in [1.165, 1.54) is 18.3 Å². The van der Waals surface area contributed by atoms with Crippen molar-refractivity contribution < 1.29 is 17.6 Å². The lowest BCUT2D eigenvalue weighted by molar-refractivity contribution is 0.508. The second kappa shape index (κ2) is 9.38. The van der Waals surface area contributed by atoms with Crippen molar-refractivity contribution in [2.45, 2.75) is 0 Å². The SMILES string of the molecule is Cl.NC(=NN=Cc1ccc(F)c(F)c1)NN=Cc1ccc(F)c(F)c1. The summed E-state index contributed by atoms with van der Waals surface area (Å²) >= 11 is 0. The fourth-order valence-electron chi connectivity index (χ4n) is 1.54. The molecule has 2 aromatic carbocycles. The van der Waals surface area contributed by atoms with Gasteiger partial charge in [0, 0.05) is 0 Å². The van der Waals surface area contributed by atoms with E-state index in [0.29, 0.717) is 5.56 Å². The molecule has 0 amide bonds. The van der Waals surface area contributed by atoms with Crippen molar-refractivity contribution in [2.75, 3.05) is 0 Å². The Morgan fingerprint density at radius 3 is 1.88 bits per heavy atom. The highest BCUT2D eigenvalue weighted by Gasteiger charge is 2.01. The van der Waals surface area contributed by atoms with Gasteiger partial charge < -0.3 is 5.73 Å². The number of hydrogen-bond acceptors (Lipinski definition) is 3. The van der Waals surface area contributed by atoms with Gasteiger partial charge in [-0.25, -0.2) is 23.0 Å². The van der Waals surface area contributed by atoms with Gasteiger partial charge in [-0.2, -0.15) is 10.2 Å². The lowest BCUT2D eigenvalue weighted by Gasteiger charge is -1.97. The van der Waals surface area contributed by atoms with E-state index in [1.807, 2.05) is 0 Å². The minimum Gasteiger partial charge on any atom is -0.367 e. The number of halogens is 5. The summed E-state index contributed by atoms with van der Waals surface area (Å²) in [5.74, 6) is -4.15. The Bertz CT molecular complexity index is 824. The van der Waals surface area contributed by atoms with Gasteiger partial charge in [-0.15, -0.1) is 17.5 Å². The molecule has 0 radical (unpaired) electrons. The van der Waals surface area contributed by atoms with Crippen molar-refractivity contribution in [3.8, 4) is 0 Å². The molecule has 0 bridgehead atoms. The summed E-state index contributed by atoms with van der Waals surface area (Å²) in [7, 11) is 0. The molecule has 0 saturated heterocycles. The standard InChI is InChI=1S/C15H11F4N5.ClH/c16-11-3-1-9(5-13(11)18)7-21-23-15(20)24-22-8-10-2-4-12(17)14(19)6-10;/h1-8H,(H3,20,23,24);1H. The predicted molar refractivity (Wildman–Crippen MR) is 89.9 cm³/mol. The first-order valence-corrected chi connectivity index (χ1v) is 6.51. The number of guanidine groups is 1. The zero-order valence-corrected chi connectivity index (χ0v) is 13.3. The van der Waals surface area contributed by atoms with Gasteiger partial charge in [-0.05, 0) is 35.4 Å². The van der Waals surface area contributed by atoms with Crippen LogP contribution < -0.4 is 11.2 Å². The monoisotopic (exact) mass is 373 g/mol. The Hall–Kier alpha value is -2.94. The van der Waals surface area contributed by atoms with Crippen LogP contribution in [0.1, 0.15) is 11.1 Å². The Morgan fingerprint density at radius 1 is 0.840 bits per heavy atom. The molecule has 3 N–H and O–H groups in total. The largest absolute Gasteiger partial charge is 0.367 e. The lowest BCUT2D eigenvalue weighted by Crippen LogP contribution is -2.26. The molecule has 10 heteroatoms. The third kappa shape index (κ3) is 6.22. The molecular weight excluding hydrogens is 362 g/mol. The van der Waals surface area contributed by atoms with Gasteiger partial charge in [-0.3, -0.25) is 0 Å². The summed E-state index contributed by atoms with van der Waals surface area (Å²) in [5, 5.41) is 10.7. The molecule has 0 aliphatic carbocycles. The van der Waals surface area contributed by atoms with E-state index >= 15 is 0 Å². The summed E-state index contributed by atoms with van der Waals surface area (Å²) in [4.78, 5) is 0. The Labute approximate surface area is 146 Å². The smallest absolute Gasteiger partial charge is 0.234 e. The maximum atomic E-state index is 13.0. The summed E-state index contributed by atoms with van der Waals surface area (Å²) in [6.07, 6.45) is 2.36. The van der Waals surface area contributed by atoms with E-state index in [1.54, 1.807) is 0 Å². The molecule has 2 rings (SSSR count). The third-order valence-electron chi connectivity index (χ3n) is 2.65. The molecule has 0 aliphatic rings. The molecule has 0 unspecified atom stereocenters. The van der Waals surface area contributed by atoms with Gasteiger partial charge in [0.25, 0.3) is 0 Å². The van der Waals surface area contributed by atoms with Gasteiger partial charge in [0.2, 0.25) is 5.96 Å². The van der Waals surface area contributed by atoms with Crippen LogP contribution in [0.3, 0.4) is 0 Å². The highest BCUT2D eigenvalue weighted by molar-refractivity contribution is 5.85. The van der Waals surface area contributed by atoms with E-state index in [0.717, 1.165) is 30.5 Å². The molecule has 0 spiro atoms. The second-order valence-electron chi connectivity index (χ2n) is 4.45. The number of nitrogens with zero attached hydrogens (tertiary/aromatic N) is 3. The lowest BCUT2D eigenvalue weighted by atomic mass is 10.2. The summed E-state index contributed by atoms with van der Waals surface area (Å²) < 4.78 is 51.4. The minimum atomic E-state index is -1.01. The summed E-state index contributed by atoms with van der Waals surface area (Å²) in [6, 6.07) is 6.43. The molecule has 132 valence electrons. The van der Waals surface area contributed by atoms with E-state index in [9.17, 15) is 17.6 Å². The average Bonchev–Trinajstić information content (AvgIpc) is 2.54. The first kappa shape index (κ1) is 20.1. The highest BCUT2D eigenvalue weighted by Crippen LogP contribution is 2.07. The van der Waals surface area contributed by atoms with E-state index in [4.69, 9.17) is 5.73 Å². The van der Waals surface area contributed by atoms with Gasteiger partial charge in [-0.1, -0.05) is 12.1 Å². The molecule has 5 nitrogen and oxygen atoms in total. The van der Waals surface area contributed by atoms with Crippen LogP contribution in [0.4, 0.5) is 17.6 Å². The van der Waals surface area contributed by atoms with Gasteiger partial charge in [0.15, 0.2) is 23.3 Å². The fourth-order valence-corrected chi connectivity index (χ4v) is 1.54. The van der Waals surface area contributed by atoms with E-state index in [2.05, 4.69) is 20.7 Å². The predicted octanol–water partition coefficient (Wildman–Crippen LogP) is 2.94. The molecular formula is C15H12ClF4N5. The van der Waals surface area contributed by atoms with Crippen molar-refractivity contribution in [2.24, 2.45) is 21.0 Å². The fraction of sp³-hybridized carbons (Fsp3) is 0. The van der Waals surface area contributed by atoms with E-state index < -0.39 is 23.3 Å². The van der Waals surface area contributed by atoms with Crippen LogP contribution in [0, 0.1) is 23.3 Å². The minimum absolute atomic E-state index is 0. The van der Waals surface area contributed by atoms with Crippen LogP contribution >= 0.6 is 12.4 Å². The zero-order chi connectivity index (χ0) is 17.5. The quantitative estimate of drug-likeness (QED) is 0.374. The van der Waals surface area contributed by atoms with Gasteiger partial charge in [0.05, 0.1) is 12.4 Å². The van der Waals surface area contributed by atoms with Crippen LogP contribution in [0.2, 0.25) is 0 Å². The van der Waals surface area contributed by atoms with Crippen molar-refractivity contribution in [3.05, 3.63) is 70.8 Å². The first-order valence-electron chi connectivity index (χ1n) is 6.51. The van der Waals surface area contributed by atoms with Crippen molar-refractivity contribution in [1.82, 2.24) is 5.43 Å². The Balaban J connectivity index is 0.00000312. The maximum absolute atomic E-state index is 13.0. The van der Waals surface area contributed by atoms with Crippen molar-refractivity contribution >= 4 is 30.8 Å². The van der Waals surface area contributed by atoms with Crippen molar-refractivity contribution in [1.29, 1.82) is 0 Å². The van der Waals surface area contributed by atoms with Crippen LogP contribution in [0.5, 0.6) is 0 Å². The van der Waals surface area contributed by atoms with Gasteiger partial charge in [0.1, 0.15) is 0 Å². The van der Waals surface area contributed by atoms with Crippen molar-refractivity contribution in [3.63, 3.8) is 0 Å². The van der Waals surface area contributed by atoms with Crippen LogP contribution in [-0.4, -0.2) is 18.4 Å². The molecule has 0 aliphatic heterocycles. The normalized spacial score (nSPS) is 11.8. The summed E-state index contributed by atoms with van der Waals surface area (Å²) in [6.45, 7) is 0. The molecule has 2 aromatic rings. The number of hydrazone groups is 1. The third-order valence-corrected chi connectivity index (χ3v) is 2.65. The molecule has 0 aromatic heterocycles. The van der Waals surface area contributed by atoms with Gasteiger partial charge >= 0.3 is 0 Å². The van der Waals surface area contributed by atoms with E-state index in [-0.39, 0.29) is 23.9 Å². The van der Waals surface area contributed by atoms with Crippen LogP contribution in [-0.2, 0) is 0 Å². The maximum Gasteiger partial charge on any atom is 0.234 e. The molecule has 0 saturated carbocycles. The molecule has 0 heterocycles. The zero-order valence-electron chi connectivity index (χ0n) is 12.5. The number of benzene rings is 2. The number of nitrogens with one attached hydrogen (secondary N) is 1. The number of nitrogens with two attached hydrogens (primary N) is 1. The molecule has 25 heavy (non-hydrogen) atoms. The Kier molecular flexibility index (Phi) is 7.54. The highest BCUT2D eigenvalue weighted by atomic mass is 35.5. The molecule has 0 fully saturated rings. The average molecular weight is 374 g/mol. The topological polar surface area (TPSA) is 75.1 Å². The van der Waals surface area contributed by atoms with Crippen LogP contribution in [0.15, 0.2) is 51.7 Å². The second-order valence-corrected chi connectivity index (χ2v) is 4.45. The molecule has 0 atom stereocenters. The number of hydrogen-bond donors (Lipinski definition) is 2. The Morgan fingerprint density at radius 2 is 1.36 bits per heavy atom. The van der Waals surface area contributed by atoms with Crippen LogP contribution in [0.25, 0.3) is 0 Å².